The zero-order valence-electron chi connectivity index (χ0n) is 12.1. The first-order valence-electron chi connectivity index (χ1n) is 6.62. The molecule has 0 atom stereocenters. The van der Waals surface area contributed by atoms with Crippen LogP contribution < -0.4 is 5.32 Å². The Bertz CT molecular complexity index is 790. The van der Waals surface area contributed by atoms with Gasteiger partial charge in [-0.25, -0.2) is 9.97 Å². The normalized spacial score (nSPS) is 11.0. The molecule has 0 radical (unpaired) electrons. The van der Waals surface area contributed by atoms with E-state index in [1.807, 2.05) is 39.1 Å². The molecule has 0 fully saturated rings. The molecule has 3 rings (SSSR count). The van der Waals surface area contributed by atoms with Gasteiger partial charge in [-0.3, -0.25) is 0 Å². The molecule has 0 unspecified atom stereocenters. The lowest BCUT2D eigenvalue weighted by atomic mass is 10.2. The molecule has 4 heteroatoms. The standard InChI is InChI=1S/C16H17N3O/c1-9-5-6-13-12(7-9)8-14(20-13)15-16(17-4)19-11(3)10(2)18-15/h5-8H,1-4H3,(H,17,19). The zero-order valence-corrected chi connectivity index (χ0v) is 12.1. The highest BCUT2D eigenvalue weighted by Gasteiger charge is 2.14. The average Bonchev–Trinajstić information content (AvgIpc) is 2.84. The summed E-state index contributed by atoms with van der Waals surface area (Å²) < 4.78 is 5.90. The maximum Gasteiger partial charge on any atom is 0.157 e. The van der Waals surface area contributed by atoms with Gasteiger partial charge in [-0.2, -0.15) is 0 Å². The number of aromatic nitrogens is 2. The maximum absolute atomic E-state index is 5.90. The summed E-state index contributed by atoms with van der Waals surface area (Å²) in [6.45, 7) is 5.98. The molecule has 0 aliphatic carbocycles. The van der Waals surface area contributed by atoms with Crippen molar-refractivity contribution in [2.45, 2.75) is 20.8 Å². The van der Waals surface area contributed by atoms with E-state index in [0.29, 0.717) is 0 Å². The quantitative estimate of drug-likeness (QED) is 0.766. The smallest absolute Gasteiger partial charge is 0.157 e. The summed E-state index contributed by atoms with van der Waals surface area (Å²) in [4.78, 5) is 9.13. The average molecular weight is 267 g/mol. The van der Waals surface area contributed by atoms with Crippen molar-refractivity contribution in [3.05, 3.63) is 41.2 Å². The number of nitrogens with zero attached hydrogens (tertiary/aromatic N) is 2. The van der Waals surface area contributed by atoms with Crippen LogP contribution in [0.1, 0.15) is 17.0 Å². The van der Waals surface area contributed by atoms with Crippen LogP contribution in [0.4, 0.5) is 5.82 Å². The molecule has 3 aromatic rings. The Morgan fingerprint density at radius 1 is 1.00 bits per heavy atom. The van der Waals surface area contributed by atoms with Gasteiger partial charge in [0.05, 0.1) is 11.4 Å². The van der Waals surface area contributed by atoms with E-state index >= 15 is 0 Å². The summed E-state index contributed by atoms with van der Waals surface area (Å²) in [5.74, 6) is 1.48. The van der Waals surface area contributed by atoms with Crippen LogP contribution in [-0.4, -0.2) is 17.0 Å². The van der Waals surface area contributed by atoms with Crippen LogP contribution in [0.15, 0.2) is 28.7 Å². The molecule has 0 spiro atoms. The van der Waals surface area contributed by atoms with Crippen LogP contribution in [-0.2, 0) is 0 Å². The number of nitrogens with one attached hydrogen (secondary N) is 1. The van der Waals surface area contributed by atoms with Crippen LogP contribution in [0.3, 0.4) is 0 Å². The minimum Gasteiger partial charge on any atom is -0.454 e. The summed E-state index contributed by atoms with van der Waals surface area (Å²) >= 11 is 0. The third-order valence-corrected chi connectivity index (χ3v) is 3.45. The van der Waals surface area contributed by atoms with Gasteiger partial charge >= 0.3 is 0 Å². The highest BCUT2D eigenvalue weighted by molar-refractivity contribution is 5.84. The number of hydrogen-bond acceptors (Lipinski definition) is 4. The second kappa shape index (κ2) is 4.63. The number of rotatable bonds is 2. The zero-order chi connectivity index (χ0) is 14.3. The molecule has 0 amide bonds. The SMILES string of the molecule is CNc1nc(C)c(C)nc1-c1cc2cc(C)ccc2o1. The molecule has 0 saturated heterocycles. The molecule has 0 aliphatic heterocycles. The highest BCUT2D eigenvalue weighted by Crippen LogP contribution is 2.31. The number of furan rings is 1. The molecular weight excluding hydrogens is 250 g/mol. The molecule has 0 aliphatic rings. The fraction of sp³-hybridized carbons (Fsp3) is 0.250. The largest absolute Gasteiger partial charge is 0.454 e. The lowest BCUT2D eigenvalue weighted by molar-refractivity contribution is 0.628. The first-order valence-corrected chi connectivity index (χ1v) is 6.62. The van der Waals surface area contributed by atoms with Crippen molar-refractivity contribution in [3.63, 3.8) is 0 Å². The topological polar surface area (TPSA) is 51.0 Å². The van der Waals surface area contributed by atoms with E-state index in [9.17, 15) is 0 Å². The Morgan fingerprint density at radius 3 is 2.50 bits per heavy atom. The lowest BCUT2D eigenvalue weighted by Gasteiger charge is -2.08. The lowest BCUT2D eigenvalue weighted by Crippen LogP contribution is -2.02. The minimum atomic E-state index is 0.740. The number of hydrogen-bond donors (Lipinski definition) is 1. The predicted octanol–water partition coefficient (Wildman–Crippen LogP) is 3.86. The van der Waals surface area contributed by atoms with Gasteiger partial charge in [0, 0.05) is 12.4 Å². The molecule has 102 valence electrons. The number of fused-ring (bicyclic) bond motifs is 1. The number of benzene rings is 1. The monoisotopic (exact) mass is 267 g/mol. The van der Waals surface area contributed by atoms with Gasteiger partial charge in [-0.1, -0.05) is 11.6 Å². The highest BCUT2D eigenvalue weighted by atomic mass is 16.3. The van der Waals surface area contributed by atoms with Crippen molar-refractivity contribution in [1.82, 2.24) is 9.97 Å². The summed E-state index contributed by atoms with van der Waals surface area (Å²) in [6, 6.07) is 8.15. The summed E-state index contributed by atoms with van der Waals surface area (Å²) in [6.07, 6.45) is 0. The Hall–Kier alpha value is -2.36. The second-order valence-corrected chi connectivity index (χ2v) is 4.99. The summed E-state index contributed by atoms with van der Waals surface area (Å²) in [7, 11) is 1.84. The van der Waals surface area contributed by atoms with Crippen LogP contribution in [0.5, 0.6) is 0 Å². The van der Waals surface area contributed by atoms with Crippen molar-refractivity contribution >= 4 is 16.8 Å². The van der Waals surface area contributed by atoms with Gasteiger partial charge < -0.3 is 9.73 Å². The third-order valence-electron chi connectivity index (χ3n) is 3.45. The molecule has 2 aromatic heterocycles. The van der Waals surface area contributed by atoms with E-state index in [2.05, 4.69) is 28.3 Å². The molecule has 4 nitrogen and oxygen atoms in total. The van der Waals surface area contributed by atoms with Crippen LogP contribution in [0, 0.1) is 20.8 Å². The molecule has 0 bridgehead atoms. The first kappa shape index (κ1) is 12.7. The van der Waals surface area contributed by atoms with Gasteiger partial charge in [0.15, 0.2) is 11.6 Å². The Balaban J connectivity index is 2.22. The fourth-order valence-electron chi connectivity index (χ4n) is 2.23. The third kappa shape index (κ3) is 2.03. The second-order valence-electron chi connectivity index (χ2n) is 4.99. The van der Waals surface area contributed by atoms with Gasteiger partial charge in [0.1, 0.15) is 11.3 Å². The van der Waals surface area contributed by atoms with Crippen molar-refractivity contribution in [2.75, 3.05) is 12.4 Å². The van der Waals surface area contributed by atoms with E-state index in [0.717, 1.165) is 39.6 Å². The maximum atomic E-state index is 5.90. The van der Waals surface area contributed by atoms with Crippen molar-refractivity contribution < 1.29 is 4.42 Å². The van der Waals surface area contributed by atoms with E-state index in [4.69, 9.17) is 4.42 Å². The van der Waals surface area contributed by atoms with Gasteiger partial charge in [0.2, 0.25) is 0 Å². The van der Waals surface area contributed by atoms with Gasteiger partial charge in [-0.05, 0) is 39.0 Å². The van der Waals surface area contributed by atoms with E-state index in [-0.39, 0.29) is 0 Å². The minimum absolute atomic E-state index is 0.740. The van der Waals surface area contributed by atoms with E-state index in [1.165, 1.54) is 5.56 Å². The molecular formula is C16H17N3O. The molecule has 0 saturated carbocycles. The summed E-state index contributed by atoms with van der Waals surface area (Å²) in [5.41, 5.74) is 4.67. The van der Waals surface area contributed by atoms with Crippen LogP contribution in [0.2, 0.25) is 0 Å². The number of aryl methyl sites for hydroxylation is 3. The molecule has 20 heavy (non-hydrogen) atoms. The van der Waals surface area contributed by atoms with Crippen molar-refractivity contribution in [2.24, 2.45) is 0 Å². The Morgan fingerprint density at radius 2 is 1.75 bits per heavy atom. The predicted molar refractivity (Wildman–Crippen MR) is 81.0 cm³/mol. The summed E-state index contributed by atoms with van der Waals surface area (Å²) in [5, 5.41) is 4.17. The van der Waals surface area contributed by atoms with Crippen molar-refractivity contribution in [1.29, 1.82) is 0 Å². The van der Waals surface area contributed by atoms with E-state index < -0.39 is 0 Å². The van der Waals surface area contributed by atoms with Crippen LogP contribution in [0.25, 0.3) is 22.4 Å². The van der Waals surface area contributed by atoms with Gasteiger partial charge in [-0.15, -0.1) is 0 Å². The fourth-order valence-corrected chi connectivity index (χ4v) is 2.23. The Labute approximate surface area is 117 Å². The van der Waals surface area contributed by atoms with Crippen molar-refractivity contribution in [3.8, 4) is 11.5 Å². The van der Waals surface area contributed by atoms with Gasteiger partial charge in [0.25, 0.3) is 0 Å². The number of anilines is 1. The molecule has 1 N–H and O–H groups in total. The first-order chi connectivity index (χ1) is 9.58. The Kier molecular flexibility index (Phi) is 2.93. The molecule has 2 heterocycles. The van der Waals surface area contributed by atoms with E-state index in [1.54, 1.807) is 0 Å². The molecule has 1 aromatic carbocycles. The van der Waals surface area contributed by atoms with Crippen LogP contribution >= 0.6 is 0 Å².